The number of hydrogen-bond donors (Lipinski definition) is 1. The number of aromatic nitrogens is 2. The Morgan fingerprint density at radius 3 is 2.57 bits per heavy atom. The second-order valence-electron chi connectivity index (χ2n) is 7.61. The molecule has 0 fully saturated rings. The highest BCUT2D eigenvalue weighted by Gasteiger charge is 2.25. The maximum absolute atomic E-state index is 12.8. The lowest BCUT2D eigenvalue weighted by molar-refractivity contribution is 0.0299. The molecule has 2 N–H and O–H groups in total. The third-order valence-electron chi connectivity index (χ3n) is 3.71. The van der Waals surface area contributed by atoms with Gasteiger partial charge in [-0.05, 0) is 57.0 Å². The van der Waals surface area contributed by atoms with E-state index in [-0.39, 0.29) is 18.4 Å². The van der Waals surface area contributed by atoms with Crippen LogP contribution in [-0.2, 0) is 11.3 Å². The number of amides is 1. The van der Waals surface area contributed by atoms with E-state index in [0.717, 1.165) is 11.1 Å². The highest BCUT2D eigenvalue weighted by molar-refractivity contribution is 5.71. The zero-order chi connectivity index (χ0) is 22.3. The summed E-state index contributed by atoms with van der Waals surface area (Å²) in [5.74, 6) is 6.30. The molecule has 1 aromatic heterocycles. The van der Waals surface area contributed by atoms with Crippen molar-refractivity contribution in [3.05, 3.63) is 60.2 Å². The van der Waals surface area contributed by atoms with Gasteiger partial charge < -0.3 is 14.5 Å². The molecule has 0 radical (unpaired) electrons. The zero-order valence-electron chi connectivity index (χ0n) is 18.0. The van der Waals surface area contributed by atoms with Gasteiger partial charge in [0.1, 0.15) is 23.5 Å². The van der Waals surface area contributed by atoms with Crippen LogP contribution in [0.4, 0.5) is 4.79 Å². The van der Waals surface area contributed by atoms with Gasteiger partial charge in [-0.3, -0.25) is 4.90 Å². The lowest BCUT2D eigenvalue weighted by Crippen LogP contribution is -2.36. The van der Waals surface area contributed by atoms with Crippen LogP contribution < -0.4 is 10.6 Å². The average Bonchev–Trinajstić information content (AvgIpc) is 2.65. The molecular weight excluding hydrogens is 384 g/mol. The maximum atomic E-state index is 12.8. The largest absolute Gasteiger partial charge is 0.443 e. The fourth-order valence-corrected chi connectivity index (χ4v) is 2.30. The molecule has 0 aliphatic rings. The molecule has 30 heavy (non-hydrogen) atoms. The second kappa shape index (κ2) is 9.84. The van der Waals surface area contributed by atoms with Crippen molar-refractivity contribution in [2.45, 2.75) is 39.8 Å². The Labute approximate surface area is 176 Å². The number of hydrogen-bond acceptors (Lipinski definition) is 7. The Hall–Kier alpha value is -3.46. The summed E-state index contributed by atoms with van der Waals surface area (Å²) in [6.45, 7) is 11.4. The molecule has 160 valence electrons. The molecule has 9 heteroatoms. The third-order valence-corrected chi connectivity index (χ3v) is 3.71. The van der Waals surface area contributed by atoms with Crippen LogP contribution in [-0.4, -0.2) is 45.0 Å². The lowest BCUT2D eigenvalue weighted by Gasteiger charge is -2.27. The Morgan fingerprint density at radius 1 is 1.30 bits per heavy atom. The Balaban J connectivity index is 2.30. The molecule has 2 rings (SSSR count). The van der Waals surface area contributed by atoms with Crippen molar-refractivity contribution < 1.29 is 14.3 Å². The molecule has 0 atom stereocenters. The van der Waals surface area contributed by atoms with Crippen molar-refractivity contribution in [2.75, 3.05) is 7.05 Å². The van der Waals surface area contributed by atoms with Crippen LogP contribution in [0.15, 0.2) is 54.1 Å². The second-order valence-corrected chi connectivity index (χ2v) is 7.61. The summed E-state index contributed by atoms with van der Waals surface area (Å²) in [5, 5.41) is 1.26. The van der Waals surface area contributed by atoms with Crippen molar-refractivity contribution in [3.8, 4) is 11.8 Å². The van der Waals surface area contributed by atoms with Crippen LogP contribution in [0.3, 0.4) is 0 Å². The molecule has 0 unspecified atom stereocenters. The molecule has 9 nitrogen and oxygen atoms in total. The van der Waals surface area contributed by atoms with Crippen LogP contribution >= 0.6 is 0 Å². The van der Waals surface area contributed by atoms with Gasteiger partial charge in [0, 0.05) is 19.4 Å². The minimum absolute atomic E-state index is 0.179. The molecular formula is C21H28N6O3. The summed E-state index contributed by atoms with van der Waals surface area (Å²) < 4.78 is 11.2. The normalized spacial score (nSPS) is 11.3. The van der Waals surface area contributed by atoms with Gasteiger partial charge in [-0.1, -0.05) is 12.6 Å². The van der Waals surface area contributed by atoms with Crippen molar-refractivity contribution >= 4 is 12.4 Å². The van der Waals surface area contributed by atoms with Crippen molar-refractivity contribution in [3.63, 3.8) is 0 Å². The van der Waals surface area contributed by atoms with E-state index in [9.17, 15) is 4.79 Å². The first-order valence-corrected chi connectivity index (χ1v) is 9.30. The molecule has 0 aliphatic carbocycles. The van der Waals surface area contributed by atoms with Crippen molar-refractivity contribution in [2.24, 2.45) is 10.8 Å². The minimum Gasteiger partial charge on any atom is -0.443 e. The summed E-state index contributed by atoms with van der Waals surface area (Å²) in [6, 6.07) is 7.45. The third kappa shape index (κ3) is 7.17. The smallest absolute Gasteiger partial charge is 0.416 e. The van der Waals surface area contributed by atoms with Crippen LogP contribution in [0.2, 0.25) is 0 Å². The zero-order valence-corrected chi connectivity index (χ0v) is 18.0. The summed E-state index contributed by atoms with van der Waals surface area (Å²) in [7, 11) is 1.62. The van der Waals surface area contributed by atoms with Gasteiger partial charge in [-0.15, -0.1) is 0 Å². The van der Waals surface area contributed by atoms with Crippen LogP contribution in [0, 0.1) is 6.92 Å². The highest BCUT2D eigenvalue weighted by Crippen LogP contribution is 2.24. The molecule has 0 aliphatic heterocycles. The molecule has 1 aromatic carbocycles. The first-order chi connectivity index (χ1) is 14.0. The standard InChI is InChI=1S/C21H28N6O3/c1-15-8-9-18(29-19-23-10-7-11-24-19)12-17(15)13-27(16(2)25-14-26(6)22)20(28)30-21(3,4)5/h7-12,14H,2,13,22H2,1,3-6H3/b25-14-. The number of carbonyl (C=O) groups excluding carboxylic acids is 1. The molecule has 0 saturated carbocycles. The molecule has 1 amide bonds. The van der Waals surface area contributed by atoms with E-state index in [1.807, 2.05) is 25.1 Å². The number of rotatable bonds is 7. The van der Waals surface area contributed by atoms with Gasteiger partial charge in [0.05, 0.1) is 6.54 Å². The number of hydrazine groups is 1. The van der Waals surface area contributed by atoms with Gasteiger partial charge in [-0.25, -0.2) is 25.6 Å². The minimum atomic E-state index is -0.672. The number of nitrogens with zero attached hydrogens (tertiary/aromatic N) is 5. The number of aliphatic imine (C=N–C) groups is 1. The molecule has 0 spiro atoms. The predicted molar refractivity (Wildman–Crippen MR) is 115 cm³/mol. The van der Waals surface area contributed by atoms with E-state index in [1.54, 1.807) is 46.3 Å². The molecule has 2 aromatic rings. The Kier molecular flexibility index (Phi) is 7.48. The van der Waals surface area contributed by atoms with Crippen molar-refractivity contribution in [1.29, 1.82) is 0 Å². The molecule has 0 saturated heterocycles. The SMILES string of the molecule is C=C(/N=C\N(C)N)N(Cc1cc(Oc2ncccn2)ccc1C)C(=O)OC(C)(C)C. The van der Waals surface area contributed by atoms with E-state index < -0.39 is 11.7 Å². The topological polar surface area (TPSA) is 106 Å². The maximum Gasteiger partial charge on any atom is 0.416 e. The number of nitrogens with two attached hydrogens (primary N) is 1. The summed E-state index contributed by atoms with van der Waals surface area (Å²) in [6.07, 6.45) is 3.98. The van der Waals surface area contributed by atoms with E-state index in [4.69, 9.17) is 15.3 Å². The van der Waals surface area contributed by atoms with E-state index in [0.29, 0.717) is 5.75 Å². The predicted octanol–water partition coefficient (Wildman–Crippen LogP) is 3.62. The van der Waals surface area contributed by atoms with Gasteiger partial charge in [0.25, 0.3) is 0 Å². The average molecular weight is 412 g/mol. The van der Waals surface area contributed by atoms with Gasteiger partial charge in [-0.2, -0.15) is 0 Å². The summed E-state index contributed by atoms with van der Waals surface area (Å²) in [4.78, 5) is 26.4. The van der Waals surface area contributed by atoms with Crippen LogP contribution in [0.25, 0.3) is 0 Å². The first-order valence-electron chi connectivity index (χ1n) is 9.30. The lowest BCUT2D eigenvalue weighted by atomic mass is 10.1. The van der Waals surface area contributed by atoms with Crippen molar-refractivity contribution in [1.82, 2.24) is 19.9 Å². The fourth-order valence-electron chi connectivity index (χ4n) is 2.30. The number of ether oxygens (including phenoxy) is 2. The fraction of sp³-hybridized carbons (Fsp3) is 0.333. The summed E-state index contributed by atoms with van der Waals surface area (Å²) in [5.41, 5.74) is 1.11. The Bertz CT molecular complexity index is 907. The van der Waals surface area contributed by atoms with Crippen LogP contribution in [0.1, 0.15) is 31.9 Å². The first kappa shape index (κ1) is 22.8. The van der Waals surface area contributed by atoms with E-state index >= 15 is 0 Å². The number of carbonyl (C=O) groups is 1. The quantitative estimate of drug-likeness (QED) is 0.320. The monoisotopic (exact) mass is 412 g/mol. The van der Waals surface area contributed by atoms with E-state index in [1.165, 1.54) is 16.2 Å². The number of benzene rings is 1. The van der Waals surface area contributed by atoms with Gasteiger partial charge >= 0.3 is 12.1 Å². The Morgan fingerprint density at radius 2 is 1.97 bits per heavy atom. The van der Waals surface area contributed by atoms with Crippen LogP contribution in [0.5, 0.6) is 11.8 Å². The van der Waals surface area contributed by atoms with Gasteiger partial charge in [0.2, 0.25) is 0 Å². The number of aryl methyl sites for hydroxylation is 1. The van der Waals surface area contributed by atoms with E-state index in [2.05, 4.69) is 21.5 Å². The summed E-state index contributed by atoms with van der Waals surface area (Å²) >= 11 is 0. The molecule has 0 bridgehead atoms. The van der Waals surface area contributed by atoms with Gasteiger partial charge in [0.15, 0.2) is 0 Å². The molecule has 1 heterocycles. The highest BCUT2D eigenvalue weighted by atomic mass is 16.6.